The average Bonchev–Trinajstić information content (AvgIpc) is 2.45. The molecule has 0 aliphatic heterocycles. The Morgan fingerprint density at radius 3 is 2.55 bits per heavy atom. The normalized spacial score (nSPS) is 12.3. The molecule has 2 N–H and O–H groups in total. The lowest BCUT2D eigenvalue weighted by Crippen LogP contribution is -2.23. The van der Waals surface area contributed by atoms with E-state index in [-0.39, 0.29) is 12.5 Å². The predicted molar refractivity (Wildman–Crippen MR) is 79.2 cm³/mol. The van der Waals surface area contributed by atoms with Crippen LogP contribution in [0.2, 0.25) is 0 Å². The summed E-state index contributed by atoms with van der Waals surface area (Å²) in [6, 6.07) is 11.5. The molecule has 0 aromatic heterocycles. The van der Waals surface area contributed by atoms with E-state index in [0.717, 1.165) is 28.6 Å². The van der Waals surface area contributed by atoms with Crippen LogP contribution in [-0.4, -0.2) is 24.7 Å². The number of benzene rings is 2. The number of fused-ring (bicyclic) bond motifs is 1. The standard InChI is InChI=1S/C16H19NO3/c1-3-17-14(10-16(18)19)12-8-9-15(20-2)13-7-5-4-6-11(12)13/h4-9,14,17H,3,10H2,1-2H3,(H,18,19). The highest BCUT2D eigenvalue weighted by molar-refractivity contribution is 5.91. The summed E-state index contributed by atoms with van der Waals surface area (Å²) in [5, 5.41) is 14.3. The van der Waals surface area contributed by atoms with Gasteiger partial charge in [0.2, 0.25) is 0 Å². The summed E-state index contributed by atoms with van der Waals surface area (Å²) in [6.07, 6.45) is 0.0597. The van der Waals surface area contributed by atoms with Crippen LogP contribution in [0.1, 0.15) is 24.9 Å². The smallest absolute Gasteiger partial charge is 0.305 e. The number of carboxylic acid groups (broad SMARTS) is 1. The number of aliphatic carboxylic acids is 1. The Balaban J connectivity index is 2.54. The van der Waals surface area contributed by atoms with Crippen molar-refractivity contribution in [2.45, 2.75) is 19.4 Å². The molecule has 106 valence electrons. The van der Waals surface area contributed by atoms with Crippen LogP contribution in [-0.2, 0) is 4.79 Å². The van der Waals surface area contributed by atoms with Crippen LogP contribution in [0.3, 0.4) is 0 Å². The molecule has 0 saturated carbocycles. The lowest BCUT2D eigenvalue weighted by atomic mass is 9.96. The van der Waals surface area contributed by atoms with Crippen molar-refractivity contribution >= 4 is 16.7 Å². The van der Waals surface area contributed by atoms with Gasteiger partial charge >= 0.3 is 5.97 Å². The number of methoxy groups -OCH3 is 1. The maximum atomic E-state index is 11.1. The number of carboxylic acids is 1. The van der Waals surface area contributed by atoms with Crippen molar-refractivity contribution < 1.29 is 14.6 Å². The topological polar surface area (TPSA) is 58.6 Å². The van der Waals surface area contributed by atoms with Gasteiger partial charge in [-0.2, -0.15) is 0 Å². The van der Waals surface area contributed by atoms with Crippen LogP contribution in [0.15, 0.2) is 36.4 Å². The highest BCUT2D eigenvalue weighted by Gasteiger charge is 2.17. The second kappa shape index (κ2) is 6.39. The average molecular weight is 273 g/mol. The minimum absolute atomic E-state index is 0.0597. The van der Waals surface area contributed by atoms with Gasteiger partial charge in [-0.05, 0) is 23.6 Å². The molecule has 4 nitrogen and oxygen atoms in total. The van der Waals surface area contributed by atoms with Crippen LogP contribution in [0.5, 0.6) is 5.75 Å². The Kier molecular flexibility index (Phi) is 4.58. The van der Waals surface area contributed by atoms with Gasteiger partial charge in [0.05, 0.1) is 13.5 Å². The summed E-state index contributed by atoms with van der Waals surface area (Å²) in [4.78, 5) is 11.1. The fraction of sp³-hybridized carbons (Fsp3) is 0.312. The molecule has 1 atom stereocenters. The van der Waals surface area contributed by atoms with Crippen molar-refractivity contribution in [3.05, 3.63) is 42.0 Å². The first-order valence-corrected chi connectivity index (χ1v) is 6.68. The lowest BCUT2D eigenvalue weighted by Gasteiger charge is -2.19. The largest absolute Gasteiger partial charge is 0.496 e. The van der Waals surface area contributed by atoms with Crippen molar-refractivity contribution in [1.29, 1.82) is 0 Å². The number of nitrogens with one attached hydrogen (secondary N) is 1. The maximum absolute atomic E-state index is 11.1. The van der Waals surface area contributed by atoms with Gasteiger partial charge < -0.3 is 15.2 Å². The van der Waals surface area contributed by atoms with E-state index in [1.54, 1.807) is 7.11 Å². The molecule has 0 fully saturated rings. The van der Waals surface area contributed by atoms with Gasteiger partial charge in [0.15, 0.2) is 0 Å². The quantitative estimate of drug-likeness (QED) is 0.849. The van der Waals surface area contributed by atoms with Crippen molar-refractivity contribution in [2.24, 2.45) is 0 Å². The second-order valence-corrected chi connectivity index (χ2v) is 4.61. The number of carbonyl (C=O) groups is 1. The van der Waals surface area contributed by atoms with E-state index >= 15 is 0 Å². The summed E-state index contributed by atoms with van der Waals surface area (Å²) in [5.74, 6) is -0.00854. The third-order valence-electron chi connectivity index (χ3n) is 3.34. The van der Waals surface area contributed by atoms with Crippen molar-refractivity contribution in [3.63, 3.8) is 0 Å². The molecule has 1 unspecified atom stereocenters. The fourth-order valence-corrected chi connectivity index (χ4v) is 2.49. The molecule has 20 heavy (non-hydrogen) atoms. The van der Waals surface area contributed by atoms with Gasteiger partial charge in [0.1, 0.15) is 5.75 Å². The Hall–Kier alpha value is -2.07. The van der Waals surface area contributed by atoms with E-state index in [1.807, 2.05) is 43.3 Å². The minimum atomic E-state index is -0.809. The van der Waals surface area contributed by atoms with Gasteiger partial charge in [-0.25, -0.2) is 0 Å². The number of rotatable bonds is 6. The number of hydrogen-bond donors (Lipinski definition) is 2. The summed E-state index contributed by atoms with van der Waals surface area (Å²) < 4.78 is 5.37. The van der Waals surface area contributed by atoms with Gasteiger partial charge in [0.25, 0.3) is 0 Å². The molecule has 0 saturated heterocycles. The van der Waals surface area contributed by atoms with Crippen LogP contribution in [0.25, 0.3) is 10.8 Å². The lowest BCUT2D eigenvalue weighted by molar-refractivity contribution is -0.137. The van der Waals surface area contributed by atoms with Crippen LogP contribution >= 0.6 is 0 Å². The first-order valence-electron chi connectivity index (χ1n) is 6.68. The summed E-state index contributed by atoms with van der Waals surface area (Å²) in [5.41, 5.74) is 0.991. The van der Waals surface area contributed by atoms with E-state index in [4.69, 9.17) is 9.84 Å². The molecule has 0 amide bonds. The van der Waals surface area contributed by atoms with Crippen LogP contribution in [0, 0.1) is 0 Å². The first kappa shape index (κ1) is 14.3. The first-order chi connectivity index (χ1) is 9.67. The molecule has 0 heterocycles. The Labute approximate surface area is 118 Å². The zero-order chi connectivity index (χ0) is 14.5. The number of hydrogen-bond acceptors (Lipinski definition) is 3. The predicted octanol–water partition coefficient (Wildman–Crippen LogP) is 2.97. The number of ether oxygens (including phenoxy) is 1. The van der Waals surface area contributed by atoms with Gasteiger partial charge in [-0.1, -0.05) is 37.3 Å². The van der Waals surface area contributed by atoms with E-state index in [2.05, 4.69) is 5.32 Å². The SMILES string of the molecule is CCNC(CC(=O)O)c1ccc(OC)c2ccccc12. The van der Waals surface area contributed by atoms with Crippen molar-refractivity contribution in [3.8, 4) is 5.75 Å². The minimum Gasteiger partial charge on any atom is -0.496 e. The zero-order valence-electron chi connectivity index (χ0n) is 11.7. The third-order valence-corrected chi connectivity index (χ3v) is 3.34. The molecule has 2 aromatic carbocycles. The molecule has 2 rings (SSSR count). The van der Waals surface area contributed by atoms with Gasteiger partial charge in [0, 0.05) is 11.4 Å². The van der Waals surface area contributed by atoms with Gasteiger partial charge in [-0.3, -0.25) is 4.79 Å². The third kappa shape index (κ3) is 2.91. The molecular formula is C16H19NO3. The van der Waals surface area contributed by atoms with Crippen molar-refractivity contribution in [2.75, 3.05) is 13.7 Å². The maximum Gasteiger partial charge on any atom is 0.305 e. The summed E-state index contributed by atoms with van der Waals surface area (Å²) in [6.45, 7) is 2.69. The van der Waals surface area contributed by atoms with E-state index in [1.165, 1.54) is 0 Å². The molecule has 4 heteroatoms. The Morgan fingerprint density at radius 2 is 1.95 bits per heavy atom. The van der Waals surface area contributed by atoms with Crippen LogP contribution < -0.4 is 10.1 Å². The fourth-order valence-electron chi connectivity index (χ4n) is 2.49. The molecular weight excluding hydrogens is 254 g/mol. The summed E-state index contributed by atoms with van der Waals surface area (Å²) in [7, 11) is 1.64. The van der Waals surface area contributed by atoms with Crippen LogP contribution in [0.4, 0.5) is 0 Å². The molecule has 0 spiro atoms. The summed E-state index contributed by atoms with van der Waals surface area (Å²) >= 11 is 0. The Morgan fingerprint density at radius 1 is 1.25 bits per heavy atom. The highest BCUT2D eigenvalue weighted by Crippen LogP contribution is 2.32. The second-order valence-electron chi connectivity index (χ2n) is 4.61. The monoisotopic (exact) mass is 273 g/mol. The van der Waals surface area contributed by atoms with Gasteiger partial charge in [-0.15, -0.1) is 0 Å². The molecule has 0 aliphatic carbocycles. The van der Waals surface area contributed by atoms with Crippen molar-refractivity contribution in [1.82, 2.24) is 5.32 Å². The molecule has 2 aromatic rings. The zero-order valence-corrected chi connectivity index (χ0v) is 11.7. The van der Waals surface area contributed by atoms with E-state index in [9.17, 15) is 4.79 Å². The molecule has 0 aliphatic rings. The molecule has 0 bridgehead atoms. The molecule has 0 radical (unpaired) electrons. The Bertz CT molecular complexity index is 610. The van der Waals surface area contributed by atoms with E-state index in [0.29, 0.717) is 0 Å². The highest BCUT2D eigenvalue weighted by atomic mass is 16.5. The van der Waals surface area contributed by atoms with E-state index < -0.39 is 5.97 Å².